The van der Waals surface area contributed by atoms with Crippen LogP contribution < -0.4 is 10.2 Å². The lowest BCUT2D eigenvalue weighted by Crippen LogP contribution is -2.29. The third-order valence-corrected chi connectivity index (χ3v) is 2.51. The van der Waals surface area contributed by atoms with Crippen LogP contribution in [0.4, 0.5) is 5.95 Å². The van der Waals surface area contributed by atoms with Crippen LogP contribution in [-0.2, 0) is 6.54 Å². The molecule has 5 nitrogen and oxygen atoms in total. The Morgan fingerprint density at radius 2 is 2.00 bits per heavy atom. The van der Waals surface area contributed by atoms with Gasteiger partial charge in [-0.1, -0.05) is 13.3 Å². The lowest BCUT2D eigenvalue weighted by molar-refractivity contribution is 0.301. The van der Waals surface area contributed by atoms with E-state index in [4.69, 9.17) is 5.11 Å². The number of aromatic nitrogens is 2. The molecule has 0 aliphatic carbocycles. The predicted molar refractivity (Wildman–Crippen MR) is 69.0 cm³/mol. The summed E-state index contributed by atoms with van der Waals surface area (Å²) in [5, 5.41) is 12.1. The van der Waals surface area contributed by atoms with E-state index in [-0.39, 0.29) is 6.61 Å². The van der Waals surface area contributed by atoms with Gasteiger partial charge in [0.1, 0.15) is 0 Å². The predicted octanol–water partition coefficient (Wildman–Crippen LogP) is 0.795. The first-order valence-electron chi connectivity index (χ1n) is 6.13. The van der Waals surface area contributed by atoms with E-state index in [2.05, 4.69) is 22.2 Å². The van der Waals surface area contributed by atoms with E-state index in [1.54, 1.807) is 0 Å². The summed E-state index contributed by atoms with van der Waals surface area (Å²) < 4.78 is 0. The van der Waals surface area contributed by atoms with E-state index >= 15 is 0 Å². The molecule has 0 aromatic carbocycles. The minimum atomic E-state index is 0.130. The molecule has 0 bridgehead atoms. The van der Waals surface area contributed by atoms with Gasteiger partial charge in [-0.2, -0.15) is 0 Å². The van der Waals surface area contributed by atoms with Gasteiger partial charge in [-0.3, -0.25) is 0 Å². The lowest BCUT2D eigenvalue weighted by Gasteiger charge is -2.21. The molecule has 0 atom stereocenters. The van der Waals surface area contributed by atoms with Crippen molar-refractivity contribution in [2.24, 2.45) is 0 Å². The molecule has 1 rings (SSSR count). The van der Waals surface area contributed by atoms with Gasteiger partial charge in [0.15, 0.2) is 0 Å². The fraction of sp³-hybridized carbons (Fsp3) is 0.667. The van der Waals surface area contributed by atoms with Crippen molar-refractivity contribution in [2.75, 3.05) is 31.6 Å². The first-order valence-corrected chi connectivity index (χ1v) is 6.13. The maximum Gasteiger partial charge on any atom is 0.225 e. The third-order valence-electron chi connectivity index (χ3n) is 2.51. The Morgan fingerprint density at radius 3 is 2.53 bits per heavy atom. The SMILES string of the molecule is CCCCN(CCO)c1ncc(CNC)cn1. The molecular formula is C12H22N4O. The molecule has 17 heavy (non-hydrogen) atoms. The number of nitrogens with zero attached hydrogens (tertiary/aromatic N) is 3. The molecule has 96 valence electrons. The van der Waals surface area contributed by atoms with Crippen LogP contribution in [0.25, 0.3) is 0 Å². The molecule has 0 aliphatic rings. The van der Waals surface area contributed by atoms with Crippen molar-refractivity contribution in [1.29, 1.82) is 0 Å². The number of rotatable bonds is 8. The van der Waals surface area contributed by atoms with E-state index in [1.165, 1.54) is 0 Å². The summed E-state index contributed by atoms with van der Waals surface area (Å²) in [7, 11) is 1.90. The van der Waals surface area contributed by atoms with Gasteiger partial charge in [-0.25, -0.2) is 9.97 Å². The molecular weight excluding hydrogens is 216 g/mol. The van der Waals surface area contributed by atoms with Crippen molar-refractivity contribution in [1.82, 2.24) is 15.3 Å². The number of unbranched alkanes of at least 4 members (excludes halogenated alkanes) is 1. The smallest absolute Gasteiger partial charge is 0.225 e. The Bertz CT molecular complexity index is 302. The zero-order valence-corrected chi connectivity index (χ0v) is 10.7. The first kappa shape index (κ1) is 13.9. The molecule has 1 aromatic heterocycles. The minimum Gasteiger partial charge on any atom is -0.395 e. The van der Waals surface area contributed by atoms with Gasteiger partial charge in [0.05, 0.1) is 6.61 Å². The highest BCUT2D eigenvalue weighted by molar-refractivity contribution is 5.29. The van der Waals surface area contributed by atoms with Gasteiger partial charge in [0.25, 0.3) is 0 Å². The van der Waals surface area contributed by atoms with Crippen LogP contribution in [0.15, 0.2) is 12.4 Å². The standard InChI is InChI=1S/C12H22N4O/c1-3-4-5-16(6-7-17)12-14-9-11(8-13-2)10-15-12/h9-10,13,17H,3-8H2,1-2H3. The topological polar surface area (TPSA) is 61.3 Å². The molecule has 1 aromatic rings. The quantitative estimate of drug-likeness (QED) is 0.701. The van der Waals surface area contributed by atoms with E-state index in [1.807, 2.05) is 24.3 Å². The normalized spacial score (nSPS) is 10.5. The molecule has 0 amide bonds. The van der Waals surface area contributed by atoms with Crippen molar-refractivity contribution >= 4 is 5.95 Å². The summed E-state index contributed by atoms with van der Waals surface area (Å²) in [6.07, 6.45) is 5.87. The van der Waals surface area contributed by atoms with Gasteiger partial charge in [-0.15, -0.1) is 0 Å². The molecule has 5 heteroatoms. The molecule has 0 aliphatic heterocycles. The number of hydrogen-bond donors (Lipinski definition) is 2. The zero-order valence-electron chi connectivity index (χ0n) is 10.7. The van der Waals surface area contributed by atoms with Crippen molar-refractivity contribution in [3.63, 3.8) is 0 Å². The van der Waals surface area contributed by atoms with E-state index in [0.29, 0.717) is 12.5 Å². The molecule has 0 spiro atoms. The van der Waals surface area contributed by atoms with Crippen LogP contribution in [0, 0.1) is 0 Å². The summed E-state index contributed by atoms with van der Waals surface area (Å²) >= 11 is 0. The highest BCUT2D eigenvalue weighted by Gasteiger charge is 2.07. The maximum atomic E-state index is 9.03. The van der Waals surface area contributed by atoms with Crippen LogP contribution in [-0.4, -0.2) is 41.8 Å². The zero-order chi connectivity index (χ0) is 12.5. The largest absolute Gasteiger partial charge is 0.395 e. The molecule has 2 N–H and O–H groups in total. The van der Waals surface area contributed by atoms with E-state index < -0.39 is 0 Å². The molecule has 0 fully saturated rings. The average Bonchev–Trinajstić information content (AvgIpc) is 2.36. The monoisotopic (exact) mass is 238 g/mol. The van der Waals surface area contributed by atoms with Crippen LogP contribution in [0.3, 0.4) is 0 Å². The Labute approximate surface area is 103 Å². The Balaban J connectivity index is 2.65. The summed E-state index contributed by atoms with van der Waals surface area (Å²) in [6, 6.07) is 0. The molecule has 0 saturated heterocycles. The van der Waals surface area contributed by atoms with Crippen molar-refractivity contribution in [3.8, 4) is 0 Å². The highest BCUT2D eigenvalue weighted by atomic mass is 16.3. The van der Waals surface area contributed by atoms with Crippen LogP contribution >= 0.6 is 0 Å². The molecule has 0 radical (unpaired) electrons. The number of aliphatic hydroxyl groups excluding tert-OH is 1. The number of aliphatic hydroxyl groups is 1. The van der Waals surface area contributed by atoms with Crippen molar-refractivity contribution in [2.45, 2.75) is 26.3 Å². The second kappa shape index (κ2) is 7.97. The second-order valence-corrected chi connectivity index (χ2v) is 3.99. The fourth-order valence-corrected chi connectivity index (χ4v) is 1.59. The fourth-order valence-electron chi connectivity index (χ4n) is 1.59. The minimum absolute atomic E-state index is 0.130. The highest BCUT2D eigenvalue weighted by Crippen LogP contribution is 2.08. The summed E-state index contributed by atoms with van der Waals surface area (Å²) in [5.41, 5.74) is 1.07. The van der Waals surface area contributed by atoms with Gasteiger partial charge >= 0.3 is 0 Å². The summed E-state index contributed by atoms with van der Waals surface area (Å²) in [4.78, 5) is 10.7. The van der Waals surface area contributed by atoms with Crippen LogP contribution in [0.1, 0.15) is 25.3 Å². The van der Waals surface area contributed by atoms with Gasteiger partial charge in [0, 0.05) is 37.6 Å². The molecule has 0 saturated carbocycles. The van der Waals surface area contributed by atoms with Crippen molar-refractivity contribution in [3.05, 3.63) is 18.0 Å². The number of hydrogen-bond acceptors (Lipinski definition) is 5. The average molecular weight is 238 g/mol. The number of nitrogens with one attached hydrogen (secondary N) is 1. The molecule has 0 unspecified atom stereocenters. The van der Waals surface area contributed by atoms with Crippen LogP contribution in [0.2, 0.25) is 0 Å². The third kappa shape index (κ3) is 4.66. The second-order valence-electron chi connectivity index (χ2n) is 3.99. The molecule has 1 heterocycles. The Morgan fingerprint density at radius 1 is 1.29 bits per heavy atom. The van der Waals surface area contributed by atoms with Gasteiger partial charge in [0.2, 0.25) is 5.95 Å². The van der Waals surface area contributed by atoms with Gasteiger partial charge in [-0.05, 0) is 13.5 Å². The maximum absolute atomic E-state index is 9.03. The van der Waals surface area contributed by atoms with Crippen LogP contribution in [0.5, 0.6) is 0 Å². The Kier molecular flexibility index (Phi) is 6.50. The van der Waals surface area contributed by atoms with Crippen molar-refractivity contribution < 1.29 is 5.11 Å². The summed E-state index contributed by atoms with van der Waals surface area (Å²) in [5.74, 6) is 0.701. The number of anilines is 1. The van der Waals surface area contributed by atoms with Gasteiger partial charge < -0.3 is 15.3 Å². The first-order chi connectivity index (χ1) is 8.31. The lowest BCUT2D eigenvalue weighted by atomic mass is 10.3. The van der Waals surface area contributed by atoms with E-state index in [0.717, 1.165) is 31.5 Å². The van der Waals surface area contributed by atoms with E-state index in [9.17, 15) is 0 Å². The summed E-state index contributed by atoms with van der Waals surface area (Å²) in [6.45, 7) is 4.53. The Hall–Kier alpha value is -1.20.